The summed E-state index contributed by atoms with van der Waals surface area (Å²) in [6.45, 7) is 5.92. The number of ether oxygens (including phenoxy) is 1. The van der Waals surface area contributed by atoms with Gasteiger partial charge in [-0.1, -0.05) is 13.8 Å². The van der Waals surface area contributed by atoms with Gasteiger partial charge in [-0.3, -0.25) is 4.79 Å². The molecule has 0 bridgehead atoms. The summed E-state index contributed by atoms with van der Waals surface area (Å²) in [5.74, 6) is 0.473. The predicted molar refractivity (Wildman–Crippen MR) is 73.6 cm³/mol. The number of piperidine rings is 1. The number of carbonyl (C=O) groups is 1. The maximum Gasteiger partial charge on any atom is 0.257 e. The van der Waals surface area contributed by atoms with Crippen LogP contribution in [0.2, 0.25) is 0 Å². The van der Waals surface area contributed by atoms with Gasteiger partial charge in [-0.05, 0) is 36.5 Å². The molecule has 1 aromatic carbocycles. The molecule has 1 heterocycles. The highest BCUT2D eigenvalue weighted by Gasteiger charge is 2.29. The van der Waals surface area contributed by atoms with E-state index in [1.54, 1.807) is 24.1 Å². The molecule has 0 aliphatic carbocycles. The lowest BCUT2D eigenvalue weighted by Crippen LogP contribution is -2.41. The second-order valence-electron chi connectivity index (χ2n) is 5.84. The summed E-state index contributed by atoms with van der Waals surface area (Å²) in [4.78, 5) is 14.2. The van der Waals surface area contributed by atoms with Crippen LogP contribution < -0.4 is 4.74 Å². The molecule has 1 aromatic rings. The standard InChI is InChI=1S/C15H21NO3/c1-15(2)6-8-16(9-7-15)14(18)12-10-11(19-3)4-5-13(12)17/h4-5,10,17H,6-9H2,1-3H3. The van der Waals surface area contributed by atoms with Crippen molar-refractivity contribution in [3.05, 3.63) is 23.8 Å². The van der Waals surface area contributed by atoms with Crippen molar-refractivity contribution in [3.63, 3.8) is 0 Å². The zero-order valence-electron chi connectivity index (χ0n) is 11.8. The molecule has 0 aromatic heterocycles. The van der Waals surface area contributed by atoms with Crippen LogP contribution in [-0.4, -0.2) is 36.1 Å². The molecule has 1 saturated heterocycles. The van der Waals surface area contributed by atoms with Gasteiger partial charge in [-0.25, -0.2) is 0 Å². The predicted octanol–water partition coefficient (Wildman–Crippen LogP) is 2.66. The molecule has 2 rings (SSSR count). The average molecular weight is 263 g/mol. The van der Waals surface area contributed by atoms with E-state index in [-0.39, 0.29) is 11.7 Å². The minimum atomic E-state index is -0.119. The van der Waals surface area contributed by atoms with E-state index in [2.05, 4.69) is 13.8 Å². The van der Waals surface area contributed by atoms with Gasteiger partial charge in [0, 0.05) is 13.1 Å². The quantitative estimate of drug-likeness (QED) is 0.892. The summed E-state index contributed by atoms with van der Waals surface area (Å²) in [6.07, 6.45) is 1.98. The van der Waals surface area contributed by atoms with E-state index in [4.69, 9.17) is 4.74 Å². The van der Waals surface area contributed by atoms with Crippen LogP contribution in [-0.2, 0) is 0 Å². The van der Waals surface area contributed by atoms with Crippen LogP contribution in [0.1, 0.15) is 37.0 Å². The highest BCUT2D eigenvalue weighted by molar-refractivity contribution is 5.97. The summed E-state index contributed by atoms with van der Waals surface area (Å²) in [5.41, 5.74) is 0.617. The number of likely N-dealkylation sites (tertiary alicyclic amines) is 1. The number of carbonyl (C=O) groups excluding carboxylic acids is 1. The molecule has 0 atom stereocenters. The van der Waals surface area contributed by atoms with Crippen LogP contribution >= 0.6 is 0 Å². The summed E-state index contributed by atoms with van der Waals surface area (Å²) < 4.78 is 5.10. The van der Waals surface area contributed by atoms with E-state index >= 15 is 0 Å². The number of nitrogens with zero attached hydrogens (tertiary/aromatic N) is 1. The van der Waals surface area contributed by atoms with Crippen molar-refractivity contribution in [2.45, 2.75) is 26.7 Å². The highest BCUT2D eigenvalue weighted by Crippen LogP contribution is 2.31. The first-order valence-electron chi connectivity index (χ1n) is 6.59. The van der Waals surface area contributed by atoms with Crippen LogP contribution in [0.5, 0.6) is 11.5 Å². The smallest absolute Gasteiger partial charge is 0.257 e. The number of aromatic hydroxyl groups is 1. The fourth-order valence-electron chi connectivity index (χ4n) is 2.30. The Bertz CT molecular complexity index is 472. The van der Waals surface area contributed by atoms with Gasteiger partial charge in [0.25, 0.3) is 5.91 Å². The number of phenols is 1. The molecule has 0 spiro atoms. The number of methoxy groups -OCH3 is 1. The van der Waals surface area contributed by atoms with Gasteiger partial charge in [0.2, 0.25) is 0 Å². The zero-order chi connectivity index (χ0) is 14.0. The molecule has 1 fully saturated rings. The summed E-state index contributed by atoms with van der Waals surface area (Å²) >= 11 is 0. The van der Waals surface area contributed by atoms with Gasteiger partial charge < -0.3 is 14.7 Å². The molecule has 1 amide bonds. The first kappa shape index (κ1) is 13.7. The van der Waals surface area contributed by atoms with Gasteiger partial charge in [-0.2, -0.15) is 0 Å². The van der Waals surface area contributed by atoms with Crippen molar-refractivity contribution in [1.82, 2.24) is 4.90 Å². The number of rotatable bonds is 2. The molecule has 0 unspecified atom stereocenters. The van der Waals surface area contributed by atoms with E-state index < -0.39 is 0 Å². The van der Waals surface area contributed by atoms with Gasteiger partial charge in [-0.15, -0.1) is 0 Å². The highest BCUT2D eigenvalue weighted by atomic mass is 16.5. The Morgan fingerprint density at radius 3 is 2.53 bits per heavy atom. The van der Waals surface area contributed by atoms with Gasteiger partial charge in [0.15, 0.2) is 0 Å². The normalized spacial score (nSPS) is 18.2. The zero-order valence-corrected chi connectivity index (χ0v) is 11.8. The molecule has 0 saturated carbocycles. The molecule has 1 N–H and O–H groups in total. The van der Waals surface area contributed by atoms with E-state index in [0.29, 0.717) is 16.7 Å². The summed E-state index contributed by atoms with van der Waals surface area (Å²) in [7, 11) is 1.55. The van der Waals surface area contributed by atoms with Gasteiger partial charge >= 0.3 is 0 Å². The third-order valence-electron chi connectivity index (χ3n) is 3.84. The molecular formula is C15H21NO3. The third kappa shape index (κ3) is 3.00. The van der Waals surface area contributed by atoms with Crippen molar-refractivity contribution in [2.75, 3.05) is 20.2 Å². The largest absolute Gasteiger partial charge is 0.507 e. The first-order chi connectivity index (χ1) is 8.93. The molecule has 1 aliphatic rings. The molecule has 19 heavy (non-hydrogen) atoms. The maximum absolute atomic E-state index is 12.4. The van der Waals surface area contributed by atoms with E-state index in [1.807, 2.05) is 0 Å². The molecular weight excluding hydrogens is 242 g/mol. The van der Waals surface area contributed by atoms with E-state index in [1.165, 1.54) is 6.07 Å². The Labute approximate surface area is 114 Å². The van der Waals surface area contributed by atoms with Crippen molar-refractivity contribution in [1.29, 1.82) is 0 Å². The van der Waals surface area contributed by atoms with Crippen molar-refractivity contribution < 1.29 is 14.6 Å². The lowest BCUT2D eigenvalue weighted by molar-refractivity contribution is 0.0627. The van der Waals surface area contributed by atoms with Crippen LogP contribution in [0.25, 0.3) is 0 Å². The fraction of sp³-hybridized carbons (Fsp3) is 0.533. The van der Waals surface area contributed by atoms with E-state index in [9.17, 15) is 9.90 Å². The SMILES string of the molecule is COc1ccc(O)c(C(=O)N2CCC(C)(C)CC2)c1. The Kier molecular flexibility index (Phi) is 3.69. The molecule has 1 aliphatic heterocycles. The Morgan fingerprint density at radius 1 is 1.32 bits per heavy atom. The topological polar surface area (TPSA) is 49.8 Å². The number of phenolic OH excluding ortho intramolecular Hbond substituents is 1. The number of benzene rings is 1. The Morgan fingerprint density at radius 2 is 1.95 bits per heavy atom. The average Bonchev–Trinajstić information content (AvgIpc) is 2.38. The summed E-state index contributed by atoms with van der Waals surface area (Å²) in [5, 5.41) is 9.83. The first-order valence-corrected chi connectivity index (χ1v) is 6.59. The lowest BCUT2D eigenvalue weighted by atomic mass is 9.82. The van der Waals surface area contributed by atoms with E-state index in [0.717, 1.165) is 25.9 Å². The summed E-state index contributed by atoms with van der Waals surface area (Å²) in [6, 6.07) is 4.74. The van der Waals surface area contributed by atoms with Crippen LogP contribution in [0.3, 0.4) is 0 Å². The minimum Gasteiger partial charge on any atom is -0.507 e. The van der Waals surface area contributed by atoms with Crippen LogP contribution in [0.15, 0.2) is 18.2 Å². The fourth-order valence-corrected chi connectivity index (χ4v) is 2.30. The lowest BCUT2D eigenvalue weighted by Gasteiger charge is -2.37. The third-order valence-corrected chi connectivity index (χ3v) is 3.84. The van der Waals surface area contributed by atoms with Crippen LogP contribution in [0.4, 0.5) is 0 Å². The van der Waals surface area contributed by atoms with Crippen LogP contribution in [0, 0.1) is 5.41 Å². The number of hydrogen-bond donors (Lipinski definition) is 1. The molecule has 0 radical (unpaired) electrons. The minimum absolute atomic E-state index is 0.00985. The van der Waals surface area contributed by atoms with Crippen molar-refractivity contribution in [2.24, 2.45) is 5.41 Å². The Hall–Kier alpha value is -1.71. The number of amides is 1. The second kappa shape index (κ2) is 5.11. The van der Waals surface area contributed by atoms with Crippen molar-refractivity contribution >= 4 is 5.91 Å². The van der Waals surface area contributed by atoms with Gasteiger partial charge in [0.1, 0.15) is 11.5 Å². The molecule has 104 valence electrons. The molecule has 4 heteroatoms. The second-order valence-corrected chi connectivity index (χ2v) is 5.84. The monoisotopic (exact) mass is 263 g/mol. The van der Waals surface area contributed by atoms with Crippen molar-refractivity contribution in [3.8, 4) is 11.5 Å². The maximum atomic E-state index is 12.4. The number of hydrogen-bond acceptors (Lipinski definition) is 3. The molecule has 4 nitrogen and oxygen atoms in total. The van der Waals surface area contributed by atoms with Gasteiger partial charge in [0.05, 0.1) is 12.7 Å². The Balaban J connectivity index is 2.16.